The third kappa shape index (κ3) is 2.96. The predicted molar refractivity (Wildman–Crippen MR) is 104 cm³/mol. The monoisotopic (exact) mass is 370 g/mol. The van der Waals surface area contributed by atoms with Gasteiger partial charge < -0.3 is 5.32 Å². The molecule has 3 aromatic rings. The molecule has 6 nitrogen and oxygen atoms in total. The molecular formula is C19H22N4O2S. The number of para-hydroxylation sites is 2. The topological polar surface area (TPSA) is 68.9 Å². The molecule has 1 atom stereocenters. The summed E-state index contributed by atoms with van der Waals surface area (Å²) in [6.07, 6.45) is 3.16. The van der Waals surface area contributed by atoms with Crippen LogP contribution in [-0.4, -0.2) is 20.0 Å². The fourth-order valence-electron chi connectivity index (χ4n) is 3.63. The standard InChI is InChI=1S/C19H22N4O2S/c1-3-22-14-6-4-5-7-15(14)23(19(22)25)11-17(24)21-18-20-13-9-8-12(2)10-16(13)26-18/h4-7,12H,3,8-11H2,1-2H3,(H,20,21,24). The van der Waals surface area contributed by atoms with Crippen molar-refractivity contribution in [2.45, 2.75) is 46.2 Å². The molecule has 2 heterocycles. The molecule has 26 heavy (non-hydrogen) atoms. The minimum absolute atomic E-state index is 0.00695. The van der Waals surface area contributed by atoms with Gasteiger partial charge in [0.1, 0.15) is 6.54 Å². The highest BCUT2D eigenvalue weighted by Gasteiger charge is 2.21. The van der Waals surface area contributed by atoms with Crippen LogP contribution in [0.2, 0.25) is 0 Å². The molecule has 0 spiro atoms. The summed E-state index contributed by atoms with van der Waals surface area (Å²) >= 11 is 1.56. The van der Waals surface area contributed by atoms with E-state index in [0.29, 0.717) is 17.6 Å². The van der Waals surface area contributed by atoms with Crippen LogP contribution in [0.25, 0.3) is 11.0 Å². The molecule has 7 heteroatoms. The van der Waals surface area contributed by atoms with Gasteiger partial charge in [-0.05, 0) is 44.2 Å². The summed E-state index contributed by atoms with van der Waals surface area (Å²) in [5.74, 6) is 0.454. The van der Waals surface area contributed by atoms with Crippen LogP contribution in [0.5, 0.6) is 0 Å². The minimum Gasteiger partial charge on any atom is -0.300 e. The summed E-state index contributed by atoms with van der Waals surface area (Å²) in [6.45, 7) is 4.74. The average Bonchev–Trinajstić information content (AvgIpc) is 3.13. The summed E-state index contributed by atoms with van der Waals surface area (Å²) in [6, 6.07) is 7.57. The lowest BCUT2D eigenvalue weighted by atomic mass is 9.93. The van der Waals surface area contributed by atoms with Gasteiger partial charge in [0.2, 0.25) is 5.91 Å². The molecule has 2 aromatic heterocycles. The van der Waals surface area contributed by atoms with Gasteiger partial charge in [-0.15, -0.1) is 11.3 Å². The number of benzene rings is 1. The van der Waals surface area contributed by atoms with Crippen molar-refractivity contribution in [2.24, 2.45) is 5.92 Å². The molecule has 0 saturated heterocycles. The van der Waals surface area contributed by atoms with Gasteiger partial charge in [-0.2, -0.15) is 0 Å². The van der Waals surface area contributed by atoms with Crippen LogP contribution in [0.3, 0.4) is 0 Å². The Hall–Kier alpha value is -2.41. The van der Waals surface area contributed by atoms with Crippen LogP contribution >= 0.6 is 11.3 Å². The van der Waals surface area contributed by atoms with Gasteiger partial charge in [-0.25, -0.2) is 9.78 Å². The van der Waals surface area contributed by atoms with Gasteiger partial charge in [-0.1, -0.05) is 19.1 Å². The first-order valence-electron chi connectivity index (χ1n) is 9.03. The van der Waals surface area contributed by atoms with Gasteiger partial charge in [0.15, 0.2) is 5.13 Å². The lowest BCUT2D eigenvalue weighted by Gasteiger charge is -2.15. The number of imidazole rings is 1. The van der Waals surface area contributed by atoms with E-state index in [0.717, 1.165) is 36.0 Å². The Labute approximate surface area is 155 Å². The van der Waals surface area contributed by atoms with Crippen molar-refractivity contribution in [3.8, 4) is 0 Å². The smallest absolute Gasteiger partial charge is 0.300 e. The van der Waals surface area contributed by atoms with Crippen molar-refractivity contribution in [1.82, 2.24) is 14.1 Å². The summed E-state index contributed by atoms with van der Waals surface area (Å²) in [7, 11) is 0. The van der Waals surface area contributed by atoms with Gasteiger partial charge >= 0.3 is 5.69 Å². The van der Waals surface area contributed by atoms with Crippen LogP contribution in [0.1, 0.15) is 30.8 Å². The van der Waals surface area contributed by atoms with E-state index < -0.39 is 0 Å². The normalized spacial score (nSPS) is 16.6. The summed E-state index contributed by atoms with van der Waals surface area (Å²) < 4.78 is 3.22. The Morgan fingerprint density at radius 3 is 2.77 bits per heavy atom. The number of nitrogens with one attached hydrogen (secondary N) is 1. The van der Waals surface area contributed by atoms with Crippen LogP contribution < -0.4 is 11.0 Å². The third-order valence-electron chi connectivity index (χ3n) is 4.98. The number of anilines is 1. The number of hydrogen-bond donors (Lipinski definition) is 1. The van der Waals surface area contributed by atoms with Crippen molar-refractivity contribution in [2.75, 3.05) is 5.32 Å². The molecule has 1 aliphatic carbocycles. The maximum absolute atomic E-state index is 12.6. The molecule has 1 N–H and O–H groups in total. The number of aromatic nitrogens is 3. The second-order valence-corrected chi connectivity index (χ2v) is 7.97. The van der Waals surface area contributed by atoms with Gasteiger partial charge in [0, 0.05) is 11.4 Å². The van der Waals surface area contributed by atoms with E-state index in [4.69, 9.17) is 0 Å². The molecule has 0 fully saturated rings. The zero-order valence-electron chi connectivity index (χ0n) is 15.0. The van der Waals surface area contributed by atoms with Crippen molar-refractivity contribution < 1.29 is 4.79 Å². The van der Waals surface area contributed by atoms with Crippen molar-refractivity contribution in [3.63, 3.8) is 0 Å². The Kier molecular flexibility index (Phi) is 4.40. The number of fused-ring (bicyclic) bond motifs is 2. The number of aryl methyl sites for hydroxylation is 2. The minimum atomic E-state index is -0.217. The maximum atomic E-state index is 12.6. The molecule has 136 valence electrons. The van der Waals surface area contributed by atoms with Crippen molar-refractivity contribution >= 4 is 33.4 Å². The average molecular weight is 370 g/mol. The van der Waals surface area contributed by atoms with E-state index in [1.165, 1.54) is 9.44 Å². The molecule has 1 aliphatic rings. The number of rotatable bonds is 4. The zero-order valence-corrected chi connectivity index (χ0v) is 15.8. The number of amides is 1. The van der Waals surface area contributed by atoms with Gasteiger partial charge in [0.25, 0.3) is 0 Å². The van der Waals surface area contributed by atoms with E-state index in [1.54, 1.807) is 15.9 Å². The first-order valence-corrected chi connectivity index (χ1v) is 9.85. The molecule has 1 unspecified atom stereocenters. The summed E-state index contributed by atoms with van der Waals surface area (Å²) in [4.78, 5) is 31.0. The summed E-state index contributed by atoms with van der Waals surface area (Å²) in [5, 5.41) is 3.52. The van der Waals surface area contributed by atoms with E-state index >= 15 is 0 Å². The third-order valence-corrected chi connectivity index (χ3v) is 6.01. The van der Waals surface area contributed by atoms with Crippen LogP contribution in [0, 0.1) is 5.92 Å². The van der Waals surface area contributed by atoms with Crippen LogP contribution in [-0.2, 0) is 30.7 Å². The fraction of sp³-hybridized carbons (Fsp3) is 0.421. The second kappa shape index (κ2) is 6.72. The van der Waals surface area contributed by atoms with E-state index in [2.05, 4.69) is 17.2 Å². The molecule has 0 aliphatic heterocycles. The zero-order chi connectivity index (χ0) is 18.3. The SMILES string of the molecule is CCn1c(=O)n(CC(=O)Nc2nc3c(s2)CC(C)CC3)c2ccccc21. The van der Waals surface area contributed by atoms with E-state index in [9.17, 15) is 9.59 Å². The molecule has 0 saturated carbocycles. The Balaban J connectivity index is 1.57. The predicted octanol–water partition coefficient (Wildman–Crippen LogP) is 3.04. The molecule has 1 amide bonds. The number of carbonyl (C=O) groups is 1. The molecule has 0 radical (unpaired) electrons. The first kappa shape index (κ1) is 17.0. The Morgan fingerprint density at radius 1 is 1.31 bits per heavy atom. The highest BCUT2D eigenvalue weighted by Crippen LogP contribution is 2.32. The Bertz CT molecular complexity index is 1030. The van der Waals surface area contributed by atoms with E-state index in [-0.39, 0.29) is 18.1 Å². The largest absolute Gasteiger partial charge is 0.329 e. The van der Waals surface area contributed by atoms with Gasteiger partial charge in [0.05, 0.1) is 16.7 Å². The Morgan fingerprint density at radius 2 is 2.04 bits per heavy atom. The lowest BCUT2D eigenvalue weighted by Crippen LogP contribution is -2.29. The molecular weight excluding hydrogens is 348 g/mol. The highest BCUT2D eigenvalue weighted by atomic mass is 32.1. The van der Waals surface area contributed by atoms with Crippen LogP contribution in [0.4, 0.5) is 5.13 Å². The molecule has 4 rings (SSSR count). The number of nitrogens with zero attached hydrogens (tertiary/aromatic N) is 3. The van der Waals surface area contributed by atoms with Gasteiger partial charge in [-0.3, -0.25) is 13.9 Å². The quantitative estimate of drug-likeness (QED) is 0.767. The van der Waals surface area contributed by atoms with Crippen molar-refractivity contribution in [1.29, 1.82) is 0 Å². The number of carbonyl (C=O) groups excluding carboxylic acids is 1. The maximum Gasteiger partial charge on any atom is 0.329 e. The first-order chi connectivity index (χ1) is 12.6. The number of hydrogen-bond acceptors (Lipinski definition) is 4. The highest BCUT2D eigenvalue weighted by molar-refractivity contribution is 7.15. The molecule has 0 bridgehead atoms. The summed E-state index contributed by atoms with van der Waals surface area (Å²) in [5.41, 5.74) is 2.59. The molecule has 1 aromatic carbocycles. The van der Waals surface area contributed by atoms with Crippen molar-refractivity contribution in [3.05, 3.63) is 45.3 Å². The number of thiazole rings is 1. The fourth-order valence-corrected chi connectivity index (χ4v) is 4.81. The van der Waals surface area contributed by atoms with Crippen LogP contribution in [0.15, 0.2) is 29.1 Å². The lowest BCUT2D eigenvalue weighted by molar-refractivity contribution is -0.116. The van der Waals surface area contributed by atoms with E-state index in [1.807, 2.05) is 31.2 Å². The second-order valence-electron chi connectivity index (χ2n) is 6.89.